The fourth-order valence-corrected chi connectivity index (χ4v) is 5.81. The van der Waals surface area contributed by atoms with Crippen LogP contribution in [-0.2, 0) is 5.92 Å². The topological polar surface area (TPSA) is 84.0 Å². The highest BCUT2D eigenvalue weighted by molar-refractivity contribution is 5.79. The highest BCUT2D eigenvalue weighted by Crippen LogP contribution is 2.51. The van der Waals surface area contributed by atoms with Crippen molar-refractivity contribution in [2.24, 2.45) is 5.92 Å². The first-order valence-corrected chi connectivity index (χ1v) is 13.8. The molecule has 1 unspecified atom stereocenters. The first kappa shape index (κ1) is 27.7. The van der Waals surface area contributed by atoms with Crippen molar-refractivity contribution in [3.05, 3.63) is 99.5 Å². The summed E-state index contributed by atoms with van der Waals surface area (Å²) >= 11 is 0. The lowest BCUT2D eigenvalue weighted by atomic mass is 9.98. The summed E-state index contributed by atoms with van der Waals surface area (Å²) in [6, 6.07) is 12.4. The molecule has 0 amide bonds. The number of halogens is 3. The zero-order valence-electron chi connectivity index (χ0n) is 23.2. The van der Waals surface area contributed by atoms with Crippen LogP contribution in [0.15, 0.2) is 65.7 Å². The van der Waals surface area contributed by atoms with Crippen LogP contribution in [0.4, 0.5) is 13.2 Å². The SMILES string of the molecule is CC(c1cccc(-c2ncc(OCC3CCN(C)CC3)cn2)c1)n1c2c(cc(F)c1=O)-c1cc(C#N)ccc1C2(F)F. The Balaban J connectivity index is 1.30. The molecule has 3 heterocycles. The molecule has 0 radical (unpaired) electrons. The molecule has 7 nitrogen and oxygen atoms in total. The van der Waals surface area contributed by atoms with E-state index in [2.05, 4.69) is 21.9 Å². The zero-order valence-corrected chi connectivity index (χ0v) is 23.2. The number of likely N-dealkylation sites (tertiary alicyclic amines) is 1. The second-order valence-electron chi connectivity index (χ2n) is 11.0. The Labute approximate surface area is 240 Å². The van der Waals surface area contributed by atoms with E-state index in [1.54, 1.807) is 43.6 Å². The number of hydrogen-bond donors (Lipinski definition) is 0. The normalized spacial score (nSPS) is 16.9. The third kappa shape index (κ3) is 4.84. The minimum atomic E-state index is -3.57. The van der Waals surface area contributed by atoms with Crippen LogP contribution >= 0.6 is 0 Å². The molecular formula is C32H28F3N5O2. The first-order chi connectivity index (χ1) is 20.2. The quantitative estimate of drug-likeness (QED) is 0.292. The number of piperidine rings is 1. The van der Waals surface area contributed by atoms with Gasteiger partial charge in [0, 0.05) is 16.7 Å². The van der Waals surface area contributed by atoms with Crippen molar-refractivity contribution in [3.63, 3.8) is 0 Å². The molecule has 0 bridgehead atoms. The molecule has 10 heteroatoms. The van der Waals surface area contributed by atoms with Gasteiger partial charge in [0.05, 0.1) is 36.7 Å². The summed E-state index contributed by atoms with van der Waals surface area (Å²) < 4.78 is 53.3. The van der Waals surface area contributed by atoms with E-state index in [0.29, 0.717) is 35.2 Å². The summed E-state index contributed by atoms with van der Waals surface area (Å²) in [6.45, 7) is 4.27. The van der Waals surface area contributed by atoms with Gasteiger partial charge in [0.1, 0.15) is 5.69 Å². The van der Waals surface area contributed by atoms with Crippen LogP contribution < -0.4 is 10.3 Å². The highest BCUT2D eigenvalue weighted by atomic mass is 19.3. The van der Waals surface area contributed by atoms with Gasteiger partial charge in [-0.15, -0.1) is 0 Å². The maximum absolute atomic E-state index is 15.8. The van der Waals surface area contributed by atoms with Gasteiger partial charge in [0.2, 0.25) is 0 Å². The van der Waals surface area contributed by atoms with Gasteiger partial charge in [0.25, 0.3) is 5.56 Å². The molecule has 1 aliphatic heterocycles. The molecule has 0 N–H and O–H groups in total. The molecule has 6 rings (SSSR count). The molecule has 0 saturated carbocycles. The number of nitrogens with zero attached hydrogens (tertiary/aromatic N) is 5. The smallest absolute Gasteiger partial charge is 0.314 e. The molecule has 42 heavy (non-hydrogen) atoms. The third-order valence-electron chi connectivity index (χ3n) is 8.23. The minimum Gasteiger partial charge on any atom is -0.490 e. The molecular weight excluding hydrogens is 543 g/mol. The summed E-state index contributed by atoms with van der Waals surface area (Å²) in [4.78, 5) is 24.2. The highest BCUT2D eigenvalue weighted by Gasteiger charge is 2.48. The van der Waals surface area contributed by atoms with Crippen LogP contribution in [0.3, 0.4) is 0 Å². The van der Waals surface area contributed by atoms with Crippen molar-refractivity contribution < 1.29 is 17.9 Å². The van der Waals surface area contributed by atoms with E-state index in [1.165, 1.54) is 12.1 Å². The van der Waals surface area contributed by atoms with E-state index < -0.39 is 29.0 Å². The molecule has 2 aliphatic rings. The fraction of sp³-hybridized carbons (Fsp3) is 0.312. The molecule has 4 aromatic rings. The molecule has 2 aromatic heterocycles. The molecule has 1 aliphatic carbocycles. The number of nitriles is 1. The van der Waals surface area contributed by atoms with Crippen LogP contribution in [0, 0.1) is 23.1 Å². The number of alkyl halides is 2. The molecule has 0 spiro atoms. The van der Waals surface area contributed by atoms with Crippen molar-refractivity contribution in [2.75, 3.05) is 26.7 Å². The van der Waals surface area contributed by atoms with Crippen molar-refractivity contribution in [3.8, 4) is 34.3 Å². The van der Waals surface area contributed by atoms with Gasteiger partial charge in [-0.1, -0.05) is 24.3 Å². The van der Waals surface area contributed by atoms with Gasteiger partial charge >= 0.3 is 5.92 Å². The second kappa shape index (κ2) is 10.7. The van der Waals surface area contributed by atoms with Crippen LogP contribution in [0.25, 0.3) is 22.5 Å². The Kier molecular flexibility index (Phi) is 7.07. The number of benzene rings is 2. The first-order valence-electron chi connectivity index (χ1n) is 13.8. The average molecular weight is 572 g/mol. The number of rotatable bonds is 6. The molecule has 1 saturated heterocycles. The lowest BCUT2D eigenvalue weighted by Crippen LogP contribution is -2.33. The van der Waals surface area contributed by atoms with Crippen LogP contribution in [-0.4, -0.2) is 46.2 Å². The average Bonchev–Trinajstić information content (AvgIpc) is 3.22. The van der Waals surface area contributed by atoms with Gasteiger partial charge in [-0.05, 0) is 81.2 Å². The summed E-state index contributed by atoms with van der Waals surface area (Å²) in [7, 11) is 2.11. The number of pyridine rings is 1. The van der Waals surface area contributed by atoms with Crippen LogP contribution in [0.5, 0.6) is 5.75 Å². The largest absolute Gasteiger partial charge is 0.490 e. The van der Waals surface area contributed by atoms with Gasteiger partial charge < -0.3 is 9.64 Å². The standard InChI is InChI=1S/C32H28F3N5O2/c1-19(40-29-26(14-28(33)31(40)41)25-12-21(15-36)6-7-27(25)32(29,34)35)22-4-3-5-23(13-22)30-37-16-24(17-38-30)42-18-20-8-10-39(2)11-9-20/h3-7,12-14,16-17,19-20H,8-11,18H2,1-2H3. The minimum absolute atomic E-state index is 0.0363. The third-order valence-corrected chi connectivity index (χ3v) is 8.23. The van der Waals surface area contributed by atoms with E-state index in [0.717, 1.165) is 42.6 Å². The zero-order chi connectivity index (χ0) is 29.6. The Hall–Kier alpha value is -4.49. The van der Waals surface area contributed by atoms with Crippen molar-refractivity contribution in [1.82, 2.24) is 19.4 Å². The molecule has 214 valence electrons. The number of hydrogen-bond acceptors (Lipinski definition) is 6. The summed E-state index contributed by atoms with van der Waals surface area (Å²) in [5.74, 6) is -3.27. The predicted octanol–water partition coefficient (Wildman–Crippen LogP) is 5.77. The maximum Gasteiger partial charge on any atom is 0.314 e. The predicted molar refractivity (Wildman–Crippen MR) is 151 cm³/mol. The van der Waals surface area contributed by atoms with Crippen molar-refractivity contribution in [2.45, 2.75) is 31.7 Å². The van der Waals surface area contributed by atoms with E-state index >= 15 is 8.78 Å². The van der Waals surface area contributed by atoms with Crippen molar-refractivity contribution in [1.29, 1.82) is 5.26 Å². The maximum atomic E-state index is 15.8. The fourth-order valence-electron chi connectivity index (χ4n) is 5.81. The molecule has 1 atom stereocenters. The Morgan fingerprint density at radius 1 is 1.10 bits per heavy atom. The lowest BCUT2D eigenvalue weighted by molar-refractivity contribution is 0.0374. The monoisotopic (exact) mass is 571 g/mol. The Morgan fingerprint density at radius 2 is 1.83 bits per heavy atom. The summed E-state index contributed by atoms with van der Waals surface area (Å²) in [6.07, 6.45) is 5.36. The molecule has 2 aromatic carbocycles. The van der Waals surface area contributed by atoms with Crippen LogP contribution in [0.1, 0.15) is 48.2 Å². The second-order valence-corrected chi connectivity index (χ2v) is 11.0. The van der Waals surface area contributed by atoms with E-state index in [4.69, 9.17) is 4.74 Å². The Bertz CT molecular complexity index is 1760. The number of aromatic nitrogens is 3. The Morgan fingerprint density at radius 3 is 2.55 bits per heavy atom. The van der Waals surface area contributed by atoms with E-state index in [1.807, 2.05) is 6.07 Å². The number of fused-ring (bicyclic) bond motifs is 3. The molecule has 1 fully saturated rings. The lowest BCUT2D eigenvalue weighted by Gasteiger charge is -2.28. The van der Waals surface area contributed by atoms with Gasteiger partial charge in [-0.2, -0.15) is 14.0 Å². The summed E-state index contributed by atoms with van der Waals surface area (Å²) in [5, 5.41) is 9.28. The van der Waals surface area contributed by atoms with Crippen LogP contribution in [0.2, 0.25) is 0 Å². The number of ether oxygens (including phenoxy) is 1. The van der Waals surface area contributed by atoms with Crippen molar-refractivity contribution >= 4 is 0 Å². The van der Waals surface area contributed by atoms with Gasteiger partial charge in [0.15, 0.2) is 17.4 Å². The van der Waals surface area contributed by atoms with Gasteiger partial charge in [-0.3, -0.25) is 9.36 Å². The van der Waals surface area contributed by atoms with E-state index in [-0.39, 0.29) is 22.3 Å². The summed E-state index contributed by atoms with van der Waals surface area (Å²) in [5.41, 5.74) is -0.923. The van der Waals surface area contributed by atoms with Gasteiger partial charge in [-0.25, -0.2) is 14.4 Å². The van der Waals surface area contributed by atoms with E-state index in [9.17, 15) is 14.4 Å².